The standard InChI is InChI=1S/C22H25NO4/c1-5-14-22(2,24)21-23-19(15-6-10-17(25-3)11-7-15)20(27-21)16-8-12-18(26-4)13-9-16/h6-13,24H,5,14H2,1-4H3. The number of benzene rings is 2. The van der Waals surface area contributed by atoms with Crippen LogP contribution in [0.5, 0.6) is 11.5 Å². The van der Waals surface area contributed by atoms with Gasteiger partial charge in [-0.05, 0) is 61.9 Å². The van der Waals surface area contributed by atoms with Gasteiger partial charge in [-0.1, -0.05) is 13.3 Å². The lowest BCUT2D eigenvalue weighted by atomic mass is 10.0. The number of aliphatic hydroxyl groups is 1. The van der Waals surface area contributed by atoms with Gasteiger partial charge in [-0.15, -0.1) is 0 Å². The molecule has 3 aromatic rings. The Hall–Kier alpha value is -2.79. The Morgan fingerprint density at radius 3 is 1.93 bits per heavy atom. The van der Waals surface area contributed by atoms with Gasteiger partial charge in [0, 0.05) is 11.1 Å². The van der Waals surface area contributed by atoms with E-state index in [1.807, 2.05) is 55.5 Å². The number of hydrogen-bond acceptors (Lipinski definition) is 5. The summed E-state index contributed by atoms with van der Waals surface area (Å²) in [5.74, 6) is 2.48. The van der Waals surface area contributed by atoms with E-state index in [2.05, 4.69) is 4.98 Å². The van der Waals surface area contributed by atoms with E-state index in [1.165, 1.54) is 0 Å². The van der Waals surface area contributed by atoms with Crippen LogP contribution in [-0.2, 0) is 5.60 Å². The van der Waals surface area contributed by atoms with Crippen molar-refractivity contribution in [3.8, 4) is 34.1 Å². The molecule has 27 heavy (non-hydrogen) atoms. The van der Waals surface area contributed by atoms with Gasteiger partial charge in [-0.2, -0.15) is 0 Å². The molecule has 1 N–H and O–H groups in total. The van der Waals surface area contributed by atoms with Crippen molar-refractivity contribution in [3.05, 3.63) is 54.4 Å². The summed E-state index contributed by atoms with van der Waals surface area (Å²) < 4.78 is 16.5. The Labute approximate surface area is 159 Å². The molecule has 1 atom stereocenters. The smallest absolute Gasteiger partial charge is 0.227 e. The molecule has 2 aromatic carbocycles. The Balaban J connectivity index is 2.11. The maximum absolute atomic E-state index is 10.8. The summed E-state index contributed by atoms with van der Waals surface area (Å²) in [6.07, 6.45) is 1.39. The SMILES string of the molecule is CCCC(C)(O)c1nc(-c2ccc(OC)cc2)c(-c2ccc(OC)cc2)o1. The van der Waals surface area contributed by atoms with Gasteiger partial charge in [0.2, 0.25) is 5.89 Å². The van der Waals surface area contributed by atoms with E-state index < -0.39 is 5.60 Å². The fraction of sp³-hybridized carbons (Fsp3) is 0.318. The summed E-state index contributed by atoms with van der Waals surface area (Å²) in [6, 6.07) is 15.2. The van der Waals surface area contributed by atoms with Crippen molar-refractivity contribution >= 4 is 0 Å². The van der Waals surface area contributed by atoms with E-state index in [0.29, 0.717) is 23.8 Å². The molecule has 0 aliphatic heterocycles. The summed E-state index contributed by atoms with van der Waals surface area (Å²) >= 11 is 0. The third-order valence-electron chi connectivity index (χ3n) is 4.54. The maximum atomic E-state index is 10.8. The lowest BCUT2D eigenvalue weighted by molar-refractivity contribution is 0.0198. The van der Waals surface area contributed by atoms with Crippen LogP contribution in [0.4, 0.5) is 0 Å². The molecular formula is C22H25NO4. The molecule has 1 unspecified atom stereocenters. The molecule has 0 aliphatic carbocycles. The topological polar surface area (TPSA) is 64.7 Å². The number of oxazole rings is 1. The van der Waals surface area contributed by atoms with Crippen LogP contribution in [0.3, 0.4) is 0 Å². The van der Waals surface area contributed by atoms with Gasteiger partial charge in [0.15, 0.2) is 5.76 Å². The number of aromatic nitrogens is 1. The Morgan fingerprint density at radius 2 is 1.44 bits per heavy atom. The van der Waals surface area contributed by atoms with Gasteiger partial charge in [0.25, 0.3) is 0 Å². The number of nitrogens with zero attached hydrogens (tertiary/aromatic N) is 1. The minimum Gasteiger partial charge on any atom is -0.497 e. The lowest BCUT2D eigenvalue weighted by Crippen LogP contribution is -2.21. The Kier molecular flexibility index (Phi) is 5.51. The highest BCUT2D eigenvalue weighted by Crippen LogP contribution is 2.38. The highest BCUT2D eigenvalue weighted by molar-refractivity contribution is 5.77. The lowest BCUT2D eigenvalue weighted by Gasteiger charge is -2.17. The van der Waals surface area contributed by atoms with Crippen molar-refractivity contribution in [3.63, 3.8) is 0 Å². The first-order valence-electron chi connectivity index (χ1n) is 9.01. The molecule has 5 heteroatoms. The van der Waals surface area contributed by atoms with Crippen molar-refractivity contribution in [1.29, 1.82) is 0 Å². The van der Waals surface area contributed by atoms with Crippen LogP contribution in [0.15, 0.2) is 52.9 Å². The second-order valence-corrected chi connectivity index (χ2v) is 6.68. The van der Waals surface area contributed by atoms with Gasteiger partial charge < -0.3 is 19.0 Å². The van der Waals surface area contributed by atoms with E-state index in [-0.39, 0.29) is 0 Å². The molecule has 5 nitrogen and oxygen atoms in total. The van der Waals surface area contributed by atoms with Gasteiger partial charge in [0.05, 0.1) is 14.2 Å². The van der Waals surface area contributed by atoms with Gasteiger partial charge in [-0.3, -0.25) is 0 Å². The Morgan fingerprint density at radius 1 is 0.926 bits per heavy atom. The molecule has 1 heterocycles. The molecule has 0 radical (unpaired) electrons. The normalized spacial score (nSPS) is 13.2. The predicted molar refractivity (Wildman–Crippen MR) is 105 cm³/mol. The molecule has 0 aliphatic rings. The van der Waals surface area contributed by atoms with Crippen molar-refractivity contribution in [1.82, 2.24) is 4.98 Å². The predicted octanol–water partition coefficient (Wildman–Crippen LogP) is 5.03. The van der Waals surface area contributed by atoms with Gasteiger partial charge in [-0.25, -0.2) is 4.98 Å². The second-order valence-electron chi connectivity index (χ2n) is 6.68. The first-order chi connectivity index (χ1) is 13.0. The largest absolute Gasteiger partial charge is 0.497 e. The highest BCUT2D eigenvalue weighted by atomic mass is 16.5. The van der Waals surface area contributed by atoms with E-state index in [4.69, 9.17) is 13.9 Å². The molecule has 0 spiro atoms. The highest BCUT2D eigenvalue weighted by Gasteiger charge is 2.30. The van der Waals surface area contributed by atoms with Crippen molar-refractivity contribution < 1.29 is 19.0 Å². The third kappa shape index (κ3) is 3.98. The molecule has 0 fully saturated rings. The van der Waals surface area contributed by atoms with Crippen LogP contribution in [0.1, 0.15) is 32.6 Å². The number of ether oxygens (including phenoxy) is 2. The first-order valence-corrected chi connectivity index (χ1v) is 9.01. The van der Waals surface area contributed by atoms with E-state index >= 15 is 0 Å². The average Bonchev–Trinajstić information content (AvgIpc) is 3.14. The van der Waals surface area contributed by atoms with Gasteiger partial charge in [0.1, 0.15) is 22.8 Å². The van der Waals surface area contributed by atoms with Crippen LogP contribution >= 0.6 is 0 Å². The average molecular weight is 367 g/mol. The van der Waals surface area contributed by atoms with Crippen molar-refractivity contribution in [2.24, 2.45) is 0 Å². The summed E-state index contributed by atoms with van der Waals surface area (Å²) in [7, 11) is 3.26. The molecule has 142 valence electrons. The number of rotatable bonds is 7. The molecule has 0 amide bonds. The summed E-state index contributed by atoms with van der Waals surface area (Å²) in [6.45, 7) is 3.75. The fourth-order valence-electron chi connectivity index (χ4n) is 3.03. The van der Waals surface area contributed by atoms with Crippen LogP contribution in [0.25, 0.3) is 22.6 Å². The van der Waals surface area contributed by atoms with E-state index in [9.17, 15) is 5.11 Å². The maximum Gasteiger partial charge on any atom is 0.227 e. The quantitative estimate of drug-likeness (QED) is 0.634. The monoisotopic (exact) mass is 367 g/mol. The van der Waals surface area contributed by atoms with E-state index in [0.717, 1.165) is 29.0 Å². The molecule has 3 rings (SSSR count). The molecule has 1 aromatic heterocycles. The molecule has 0 saturated heterocycles. The zero-order valence-corrected chi connectivity index (χ0v) is 16.2. The van der Waals surface area contributed by atoms with Crippen LogP contribution in [0.2, 0.25) is 0 Å². The third-order valence-corrected chi connectivity index (χ3v) is 4.54. The minimum atomic E-state index is -1.12. The number of methoxy groups -OCH3 is 2. The first kappa shape index (κ1) is 19.0. The van der Waals surface area contributed by atoms with Crippen molar-refractivity contribution in [2.45, 2.75) is 32.3 Å². The van der Waals surface area contributed by atoms with Crippen LogP contribution < -0.4 is 9.47 Å². The zero-order valence-electron chi connectivity index (χ0n) is 16.2. The molecule has 0 saturated carbocycles. The number of hydrogen-bond donors (Lipinski definition) is 1. The van der Waals surface area contributed by atoms with Crippen molar-refractivity contribution in [2.75, 3.05) is 14.2 Å². The summed E-state index contributed by atoms with van der Waals surface area (Å²) in [5, 5.41) is 10.8. The zero-order chi connectivity index (χ0) is 19.4. The van der Waals surface area contributed by atoms with Crippen LogP contribution in [-0.4, -0.2) is 24.3 Å². The minimum absolute atomic E-state index is 0.320. The van der Waals surface area contributed by atoms with E-state index in [1.54, 1.807) is 21.1 Å². The summed E-state index contributed by atoms with van der Waals surface area (Å²) in [5.41, 5.74) is 1.33. The second kappa shape index (κ2) is 7.84. The summed E-state index contributed by atoms with van der Waals surface area (Å²) in [4.78, 5) is 4.66. The molecular weight excluding hydrogens is 342 g/mol. The molecule has 0 bridgehead atoms. The van der Waals surface area contributed by atoms with Crippen LogP contribution in [0, 0.1) is 0 Å². The Bertz CT molecular complexity index is 815. The fourth-order valence-corrected chi connectivity index (χ4v) is 3.03. The van der Waals surface area contributed by atoms with Gasteiger partial charge >= 0.3 is 0 Å².